The van der Waals surface area contributed by atoms with Gasteiger partial charge in [0.1, 0.15) is 6.04 Å². The fourth-order valence-corrected chi connectivity index (χ4v) is 2.85. The average Bonchev–Trinajstić information content (AvgIpc) is 2.88. The first kappa shape index (κ1) is 15.6. The molecule has 0 radical (unpaired) electrons. The molecule has 118 valence electrons. The normalized spacial score (nSPS) is 12.4. The number of carbonyl (C=O) groups is 1. The predicted octanol–water partition coefficient (Wildman–Crippen LogP) is 3.30. The van der Waals surface area contributed by atoms with E-state index < -0.39 is 12.0 Å². The van der Waals surface area contributed by atoms with Crippen molar-refractivity contribution in [1.29, 1.82) is 0 Å². The molecule has 2 aromatic carbocycles. The van der Waals surface area contributed by atoms with Gasteiger partial charge in [-0.1, -0.05) is 41.9 Å². The maximum Gasteiger partial charge on any atom is 0.320 e. The van der Waals surface area contributed by atoms with E-state index in [1.54, 1.807) is 0 Å². The fourth-order valence-electron chi connectivity index (χ4n) is 2.73. The van der Waals surface area contributed by atoms with Crippen molar-refractivity contribution >= 4 is 28.5 Å². The van der Waals surface area contributed by atoms with Gasteiger partial charge in [0.15, 0.2) is 0 Å². The van der Waals surface area contributed by atoms with Crippen molar-refractivity contribution in [1.82, 2.24) is 4.57 Å². The lowest BCUT2D eigenvalue weighted by molar-refractivity contribution is -0.138. The van der Waals surface area contributed by atoms with Gasteiger partial charge in [-0.15, -0.1) is 0 Å². The van der Waals surface area contributed by atoms with Gasteiger partial charge in [-0.2, -0.15) is 0 Å². The molecule has 0 spiro atoms. The van der Waals surface area contributed by atoms with Gasteiger partial charge < -0.3 is 15.4 Å². The van der Waals surface area contributed by atoms with Crippen molar-refractivity contribution in [2.45, 2.75) is 19.0 Å². The summed E-state index contributed by atoms with van der Waals surface area (Å²) in [7, 11) is 0. The number of carboxylic acids is 1. The van der Waals surface area contributed by atoms with E-state index in [1.807, 2.05) is 54.7 Å². The first-order valence-electron chi connectivity index (χ1n) is 7.34. The van der Waals surface area contributed by atoms with Gasteiger partial charge in [-0.25, -0.2) is 0 Å². The lowest BCUT2D eigenvalue weighted by Gasteiger charge is -2.06. The summed E-state index contributed by atoms with van der Waals surface area (Å²) in [4.78, 5) is 11.0. The third kappa shape index (κ3) is 3.38. The van der Waals surface area contributed by atoms with Crippen LogP contribution in [0.15, 0.2) is 54.7 Å². The number of rotatable bonds is 5. The number of aromatic nitrogens is 1. The number of nitrogens with zero attached hydrogens (tertiary/aromatic N) is 1. The van der Waals surface area contributed by atoms with Crippen molar-refractivity contribution in [3.05, 3.63) is 70.9 Å². The zero-order valence-electron chi connectivity index (χ0n) is 12.4. The number of benzene rings is 2. The van der Waals surface area contributed by atoms with Crippen LogP contribution >= 0.6 is 11.6 Å². The van der Waals surface area contributed by atoms with Crippen molar-refractivity contribution in [2.75, 3.05) is 0 Å². The van der Waals surface area contributed by atoms with Gasteiger partial charge in [0.05, 0.1) is 0 Å². The summed E-state index contributed by atoms with van der Waals surface area (Å²) in [6.45, 7) is 0.694. The van der Waals surface area contributed by atoms with Gasteiger partial charge >= 0.3 is 5.97 Å². The summed E-state index contributed by atoms with van der Waals surface area (Å²) in [6, 6.07) is 14.8. The Morgan fingerprint density at radius 1 is 1.17 bits per heavy atom. The molecule has 1 aromatic heterocycles. The molecule has 0 bridgehead atoms. The molecular weight excluding hydrogens is 312 g/mol. The van der Waals surface area contributed by atoms with Gasteiger partial charge in [0, 0.05) is 35.1 Å². The zero-order valence-corrected chi connectivity index (χ0v) is 13.2. The Morgan fingerprint density at radius 2 is 1.87 bits per heavy atom. The van der Waals surface area contributed by atoms with Gasteiger partial charge in [-0.3, -0.25) is 4.79 Å². The number of aliphatic carboxylic acids is 1. The second kappa shape index (κ2) is 6.44. The second-order valence-electron chi connectivity index (χ2n) is 5.57. The fraction of sp³-hybridized carbons (Fsp3) is 0.167. The molecule has 0 aliphatic carbocycles. The molecule has 0 aliphatic rings. The molecule has 0 saturated carbocycles. The van der Waals surface area contributed by atoms with Crippen molar-refractivity contribution in [3.63, 3.8) is 0 Å². The molecule has 0 aliphatic heterocycles. The predicted molar refractivity (Wildman–Crippen MR) is 91.8 cm³/mol. The topological polar surface area (TPSA) is 68.2 Å². The summed E-state index contributed by atoms with van der Waals surface area (Å²) < 4.78 is 2.11. The molecule has 23 heavy (non-hydrogen) atoms. The highest BCUT2D eigenvalue weighted by Gasteiger charge is 2.16. The molecule has 0 fully saturated rings. The van der Waals surface area contributed by atoms with Crippen LogP contribution in [0.3, 0.4) is 0 Å². The van der Waals surface area contributed by atoms with Gasteiger partial charge in [0.2, 0.25) is 0 Å². The molecule has 0 amide bonds. The van der Waals surface area contributed by atoms with E-state index in [-0.39, 0.29) is 0 Å². The van der Waals surface area contributed by atoms with Crippen LogP contribution in [0, 0.1) is 0 Å². The first-order chi connectivity index (χ1) is 11.0. The van der Waals surface area contributed by atoms with Crippen LogP contribution in [0.4, 0.5) is 0 Å². The van der Waals surface area contributed by atoms with Crippen molar-refractivity contribution < 1.29 is 9.90 Å². The van der Waals surface area contributed by atoms with Crippen LogP contribution in [-0.2, 0) is 17.8 Å². The minimum absolute atomic E-state index is 0.309. The van der Waals surface area contributed by atoms with E-state index in [4.69, 9.17) is 22.4 Å². The molecule has 3 rings (SSSR count). The number of hydrogen-bond donors (Lipinski definition) is 2. The Morgan fingerprint density at radius 3 is 2.57 bits per heavy atom. The third-order valence-electron chi connectivity index (χ3n) is 3.89. The number of para-hydroxylation sites is 1. The maximum absolute atomic E-state index is 11.0. The van der Waals surface area contributed by atoms with E-state index in [0.717, 1.165) is 22.0 Å². The van der Waals surface area contributed by atoms with E-state index in [2.05, 4.69) is 4.57 Å². The second-order valence-corrected chi connectivity index (χ2v) is 6.01. The van der Waals surface area contributed by atoms with Crippen molar-refractivity contribution in [3.8, 4) is 0 Å². The van der Waals surface area contributed by atoms with E-state index in [1.165, 1.54) is 0 Å². The SMILES string of the molecule is N[C@@H](Cc1cn(Cc2ccc(Cl)cc2)c2ccccc12)C(=O)O. The van der Waals surface area contributed by atoms with Crippen LogP contribution in [0.1, 0.15) is 11.1 Å². The van der Waals surface area contributed by atoms with Crippen LogP contribution in [0.2, 0.25) is 5.02 Å². The molecule has 0 unspecified atom stereocenters. The number of nitrogens with two attached hydrogens (primary N) is 1. The summed E-state index contributed by atoms with van der Waals surface area (Å²) in [5, 5.41) is 10.8. The highest BCUT2D eigenvalue weighted by molar-refractivity contribution is 6.30. The Balaban J connectivity index is 1.97. The summed E-state index contributed by atoms with van der Waals surface area (Å²) >= 11 is 5.92. The smallest absolute Gasteiger partial charge is 0.320 e. The molecular formula is C18H17ClN2O2. The minimum atomic E-state index is -0.987. The summed E-state index contributed by atoms with van der Waals surface area (Å²) in [5.74, 6) is -0.987. The number of hydrogen-bond acceptors (Lipinski definition) is 2. The Labute approximate surface area is 139 Å². The van der Waals surface area contributed by atoms with Crippen LogP contribution in [0.5, 0.6) is 0 Å². The van der Waals surface area contributed by atoms with Crippen LogP contribution in [-0.4, -0.2) is 21.7 Å². The van der Waals surface area contributed by atoms with Gasteiger partial charge in [-0.05, 0) is 29.3 Å². The van der Waals surface area contributed by atoms with E-state index in [9.17, 15) is 4.79 Å². The summed E-state index contributed by atoms with van der Waals surface area (Å²) in [5.41, 5.74) is 8.84. The Kier molecular flexibility index (Phi) is 4.37. The molecule has 1 heterocycles. The molecule has 3 N–H and O–H groups in total. The summed E-state index contributed by atoms with van der Waals surface area (Å²) in [6.07, 6.45) is 2.30. The minimum Gasteiger partial charge on any atom is -0.480 e. The molecule has 4 nitrogen and oxygen atoms in total. The first-order valence-corrected chi connectivity index (χ1v) is 7.72. The van der Waals surface area contributed by atoms with Gasteiger partial charge in [0.25, 0.3) is 0 Å². The quantitative estimate of drug-likeness (QED) is 0.755. The monoisotopic (exact) mass is 328 g/mol. The van der Waals surface area contributed by atoms with Crippen molar-refractivity contribution in [2.24, 2.45) is 5.73 Å². The molecule has 5 heteroatoms. The van der Waals surface area contributed by atoms with E-state index in [0.29, 0.717) is 18.0 Å². The largest absolute Gasteiger partial charge is 0.480 e. The third-order valence-corrected chi connectivity index (χ3v) is 4.15. The molecule has 0 saturated heterocycles. The number of carboxylic acid groups (broad SMARTS) is 1. The average molecular weight is 329 g/mol. The van der Waals surface area contributed by atoms with Crippen LogP contribution in [0.25, 0.3) is 10.9 Å². The molecule has 1 atom stereocenters. The Bertz CT molecular complexity index is 840. The zero-order chi connectivity index (χ0) is 16.4. The lowest BCUT2D eigenvalue weighted by atomic mass is 10.1. The highest BCUT2D eigenvalue weighted by atomic mass is 35.5. The molecule has 3 aromatic rings. The lowest BCUT2D eigenvalue weighted by Crippen LogP contribution is -2.32. The maximum atomic E-state index is 11.0. The Hall–Kier alpha value is -2.30. The standard InChI is InChI=1S/C18H17ClN2O2/c19-14-7-5-12(6-8-14)10-21-11-13(9-16(20)18(22)23)15-3-1-2-4-17(15)21/h1-8,11,16H,9-10,20H2,(H,22,23)/t16-/m0/s1. The highest BCUT2D eigenvalue weighted by Crippen LogP contribution is 2.24. The van der Waals surface area contributed by atoms with Crippen LogP contribution < -0.4 is 5.73 Å². The van der Waals surface area contributed by atoms with E-state index >= 15 is 0 Å². The number of halogens is 1. The number of fused-ring (bicyclic) bond motifs is 1.